The number of carbonyl (C=O) groups excluding carboxylic acids is 5. The van der Waals surface area contributed by atoms with E-state index in [2.05, 4.69) is 64.8 Å². The van der Waals surface area contributed by atoms with Gasteiger partial charge >= 0.3 is 0 Å². The fraction of sp³-hybridized carbons (Fsp3) is 0.493. The summed E-state index contributed by atoms with van der Waals surface area (Å²) in [6.45, 7) is 14.2. The Morgan fingerprint density at radius 1 is 0.822 bits per heavy atom. The number of phenols is 1. The number of pyridine rings is 1. The Labute approximate surface area is 533 Å². The van der Waals surface area contributed by atoms with Crippen molar-refractivity contribution in [3.8, 4) is 27.3 Å². The first kappa shape index (κ1) is 62.6. The third-order valence-corrected chi connectivity index (χ3v) is 21.3. The van der Waals surface area contributed by atoms with Gasteiger partial charge in [-0.25, -0.2) is 19.3 Å². The van der Waals surface area contributed by atoms with Crippen LogP contribution in [0.3, 0.4) is 0 Å². The number of carbonyl (C=O) groups is 5. The van der Waals surface area contributed by atoms with Gasteiger partial charge in [0, 0.05) is 85.8 Å². The van der Waals surface area contributed by atoms with Crippen LogP contribution in [-0.2, 0) is 40.4 Å². The molecule has 3 aliphatic heterocycles. The lowest BCUT2D eigenvalue weighted by atomic mass is 9.85. The number of hydrogen-bond donors (Lipinski definition) is 5. The van der Waals surface area contributed by atoms with Gasteiger partial charge in [0.1, 0.15) is 29.3 Å². The number of rotatable bonds is 16. The summed E-state index contributed by atoms with van der Waals surface area (Å²) < 4.78 is 17.5. The number of benzene rings is 3. The van der Waals surface area contributed by atoms with Gasteiger partial charge in [-0.3, -0.25) is 34.0 Å². The Hall–Kier alpha value is -7.62. The van der Waals surface area contributed by atoms with E-state index in [0.717, 1.165) is 112 Å². The van der Waals surface area contributed by atoms with Crippen LogP contribution in [-0.4, -0.2) is 125 Å². The Kier molecular flexibility index (Phi) is 18.5. The zero-order valence-electron chi connectivity index (χ0n) is 52.3. The summed E-state index contributed by atoms with van der Waals surface area (Å²) in [5.74, 6) is -0.311. The topological polar surface area (TPSA) is 220 Å². The number of fused-ring (bicyclic) bond motifs is 2. The molecule has 474 valence electrons. The number of likely N-dealkylation sites (tertiary alicyclic amines) is 2. The lowest BCUT2D eigenvalue weighted by Gasteiger charge is -2.41. The van der Waals surface area contributed by atoms with Crippen molar-refractivity contribution in [3.63, 3.8) is 0 Å². The Balaban J connectivity index is 0.000000190. The highest BCUT2D eigenvalue weighted by atomic mass is 32.1. The molecule has 5 amide bonds. The molecule has 5 N–H and O–H groups in total. The summed E-state index contributed by atoms with van der Waals surface area (Å²) in [5, 5.41) is 27.9. The molecule has 90 heavy (non-hydrogen) atoms. The summed E-state index contributed by atoms with van der Waals surface area (Å²) in [7, 11) is 0. The van der Waals surface area contributed by atoms with Gasteiger partial charge in [0.15, 0.2) is 10.8 Å². The van der Waals surface area contributed by atoms with Crippen molar-refractivity contribution in [3.05, 3.63) is 124 Å². The number of aromatic hydroxyl groups is 1. The van der Waals surface area contributed by atoms with Crippen LogP contribution in [0.2, 0.25) is 0 Å². The number of alkyl halides is 1. The normalized spacial score (nSPS) is 19.1. The molecule has 0 spiro atoms. The van der Waals surface area contributed by atoms with Gasteiger partial charge in [0.05, 0.1) is 32.5 Å². The van der Waals surface area contributed by atoms with E-state index in [1.54, 1.807) is 38.4 Å². The molecule has 5 fully saturated rings. The zero-order chi connectivity index (χ0) is 62.8. The molecule has 21 heteroatoms. The first-order chi connectivity index (χ1) is 43.4. The first-order valence-electron chi connectivity index (χ1n) is 32.3. The Bertz CT molecular complexity index is 3760. The maximum atomic E-state index is 14.3. The minimum atomic E-state index is -1.89. The summed E-state index contributed by atoms with van der Waals surface area (Å²) in [6, 6.07) is 22.5. The number of thiazole rings is 2. The van der Waals surface area contributed by atoms with Crippen molar-refractivity contribution in [2.24, 2.45) is 11.3 Å². The number of aromatic nitrogens is 5. The largest absolute Gasteiger partial charge is 0.508 e. The molecule has 6 aliphatic rings. The molecular weight excluding hydrogens is 1180 g/mol. The van der Waals surface area contributed by atoms with Gasteiger partial charge < -0.3 is 35.8 Å². The second kappa shape index (κ2) is 26.7. The van der Waals surface area contributed by atoms with E-state index in [1.807, 2.05) is 61.7 Å². The third-order valence-electron chi connectivity index (χ3n) is 19.3. The third kappa shape index (κ3) is 13.8. The number of phenolic OH excluding ortho intramolecular Hbond substituents is 1. The van der Waals surface area contributed by atoms with Gasteiger partial charge in [0.25, 0.3) is 17.7 Å². The van der Waals surface area contributed by atoms with E-state index in [4.69, 9.17) is 10.1 Å². The van der Waals surface area contributed by atoms with Crippen LogP contribution >= 0.6 is 22.7 Å². The maximum Gasteiger partial charge on any atom is 0.270 e. The van der Waals surface area contributed by atoms with Crippen LogP contribution in [0.4, 0.5) is 15.3 Å². The number of hydrogen-bond acceptors (Lipinski definition) is 14. The fourth-order valence-electron chi connectivity index (χ4n) is 13.5. The van der Waals surface area contributed by atoms with Crippen molar-refractivity contribution >= 4 is 73.4 Å². The highest BCUT2D eigenvalue weighted by molar-refractivity contribution is 7.22. The number of piperidine rings is 1. The molecule has 2 saturated heterocycles. The van der Waals surface area contributed by atoms with Gasteiger partial charge in [-0.2, -0.15) is 5.10 Å². The lowest BCUT2D eigenvalue weighted by molar-refractivity contribution is -0.144. The number of aryl methyl sites for hydroxylation is 1. The van der Waals surface area contributed by atoms with Crippen LogP contribution in [0.15, 0.2) is 84.5 Å². The molecule has 7 heterocycles. The molecule has 3 aromatic carbocycles. The molecule has 3 aliphatic carbocycles. The van der Waals surface area contributed by atoms with Gasteiger partial charge in [-0.1, -0.05) is 94.2 Å². The first-order valence-corrected chi connectivity index (χ1v) is 34.0. The van der Waals surface area contributed by atoms with Crippen LogP contribution in [0, 0.1) is 25.2 Å². The van der Waals surface area contributed by atoms with E-state index >= 15 is 0 Å². The molecule has 2 unspecified atom stereocenters. The van der Waals surface area contributed by atoms with E-state index in [1.165, 1.54) is 78.9 Å². The average Bonchev–Trinajstić information content (AvgIpc) is 1.71. The Morgan fingerprint density at radius 3 is 2.32 bits per heavy atom. The summed E-state index contributed by atoms with van der Waals surface area (Å²) in [5.41, 5.74) is 8.47. The van der Waals surface area contributed by atoms with E-state index in [-0.39, 0.29) is 54.8 Å². The number of nitrogens with one attached hydrogen (secondary N) is 4. The number of nitrogens with zero attached hydrogens (tertiary/aromatic N) is 8. The number of anilines is 2. The van der Waals surface area contributed by atoms with Gasteiger partial charge in [0.2, 0.25) is 11.8 Å². The second-order valence-corrected chi connectivity index (χ2v) is 28.5. The minimum absolute atomic E-state index is 0.0655. The average molecular weight is 1260 g/mol. The molecule has 3 saturated carbocycles. The summed E-state index contributed by atoms with van der Waals surface area (Å²) in [4.78, 5) is 88.3. The zero-order valence-corrected chi connectivity index (χ0v) is 53.9. The van der Waals surface area contributed by atoms with Crippen LogP contribution < -0.4 is 26.2 Å². The van der Waals surface area contributed by atoms with Crippen molar-refractivity contribution in [2.75, 3.05) is 36.4 Å². The lowest BCUT2D eigenvalue weighted by Crippen LogP contribution is -2.58. The van der Waals surface area contributed by atoms with Crippen molar-refractivity contribution in [1.29, 1.82) is 0 Å². The van der Waals surface area contributed by atoms with Crippen LogP contribution in [0.25, 0.3) is 31.8 Å². The molecule has 2 atom stereocenters. The van der Waals surface area contributed by atoms with E-state index in [0.29, 0.717) is 53.8 Å². The summed E-state index contributed by atoms with van der Waals surface area (Å²) in [6.07, 6.45) is 16.5. The fourth-order valence-corrected chi connectivity index (χ4v) is 15.1. The van der Waals surface area contributed by atoms with Crippen molar-refractivity contribution in [1.82, 2.24) is 50.5 Å². The van der Waals surface area contributed by atoms with Crippen molar-refractivity contribution in [2.45, 2.75) is 180 Å². The highest BCUT2D eigenvalue weighted by Crippen LogP contribution is 2.41. The Morgan fingerprint density at radius 2 is 1.61 bits per heavy atom. The second-order valence-electron chi connectivity index (χ2n) is 26.6. The van der Waals surface area contributed by atoms with Crippen LogP contribution in [0.5, 0.6) is 5.75 Å². The quantitative estimate of drug-likeness (QED) is 0.0610. The number of halogens is 1. The molecule has 4 aromatic heterocycles. The van der Waals surface area contributed by atoms with Crippen LogP contribution in [0.1, 0.15) is 160 Å². The smallest absolute Gasteiger partial charge is 0.270 e. The van der Waals surface area contributed by atoms with E-state index in [9.17, 15) is 33.5 Å². The van der Waals surface area contributed by atoms with Crippen molar-refractivity contribution < 1.29 is 33.5 Å². The van der Waals surface area contributed by atoms with E-state index < -0.39 is 29.1 Å². The molecule has 13 rings (SSSR count). The molecule has 18 nitrogen and oxygen atoms in total. The van der Waals surface area contributed by atoms with Gasteiger partial charge in [-0.05, 0) is 149 Å². The number of amides is 5. The minimum Gasteiger partial charge on any atom is -0.508 e. The monoisotopic (exact) mass is 1260 g/mol. The van der Waals surface area contributed by atoms with Gasteiger partial charge in [-0.15, -0.1) is 11.3 Å². The highest BCUT2D eigenvalue weighted by Gasteiger charge is 2.53. The SMILES string of the molecule is Cc1c(-c2ccc(N3CCc4cccc(C(=O)Nc5nc6ccccc6s5)c4C3)nc2C(=O)NC2CCN(C3CCC3)CC2)cnn1CC1CCCCC1.Cc1ncsc1-c1ccc(CNC(=O)C2CCCN2C(=O)C(NC(=O)C2(F)CC2)C(C)(C)C)c(O)c1. The standard InChI is InChI=1S/C43H50N8O2S.C26H33FN4O4S/c1-28-35(25-44-51(28)26-29-9-3-2-4-10-29)33-17-18-39(47-40(33)42(53)45-31-20-23-49(24-21-31)32-12-8-13-32)50-22-19-30-11-7-14-34(36(30)27-50)41(52)48-43-46-37-15-5-6-16-38(37)54-43;1-15-20(36-14-29-15)16-7-8-17(19(32)12-16)13-28-22(33)18-6-5-11-31(18)23(34)21(25(2,3)4)30-24(35)26(27)9-10-26/h5-7,11,14-18,25,29,31-32H,2-4,8-10,12-13,19-24,26-27H2,1H3,(H,45,53)(H,46,48,52);7-8,12,14,18,21,32H,5-6,9-11,13H2,1-4H3,(H,28,33)(H,30,35). The molecule has 0 bridgehead atoms. The number of para-hydroxylation sites is 1. The summed E-state index contributed by atoms with van der Waals surface area (Å²) >= 11 is 2.97. The predicted octanol–water partition coefficient (Wildman–Crippen LogP) is 11.5. The molecule has 0 radical (unpaired) electrons. The maximum absolute atomic E-state index is 14.3. The molecule has 7 aromatic rings. The molecular formula is C69H83FN12O6S2. The predicted molar refractivity (Wildman–Crippen MR) is 350 cm³/mol.